The van der Waals surface area contributed by atoms with Crippen molar-refractivity contribution in [1.82, 2.24) is 0 Å². The molecule has 6 nitrogen and oxygen atoms in total. The van der Waals surface area contributed by atoms with Crippen molar-refractivity contribution < 1.29 is 28.8 Å². The van der Waals surface area contributed by atoms with Crippen LogP contribution in [0.4, 0.5) is 0 Å². The van der Waals surface area contributed by atoms with Gasteiger partial charge in [-0.15, -0.1) is 0 Å². The molecule has 0 saturated carbocycles. The lowest BCUT2D eigenvalue weighted by atomic mass is 10.0. The van der Waals surface area contributed by atoms with E-state index in [4.69, 9.17) is 18.9 Å². The van der Waals surface area contributed by atoms with E-state index in [1.807, 2.05) is 0 Å². The van der Waals surface area contributed by atoms with E-state index in [-0.39, 0.29) is 11.5 Å². The summed E-state index contributed by atoms with van der Waals surface area (Å²) in [5.41, 5.74) is 1.01. The van der Waals surface area contributed by atoms with Crippen LogP contribution in [0.2, 0.25) is 0 Å². The lowest BCUT2D eigenvalue weighted by Crippen LogP contribution is -2.00. The van der Waals surface area contributed by atoms with Gasteiger partial charge in [0, 0.05) is 23.3 Å². The van der Waals surface area contributed by atoms with Gasteiger partial charge in [0.2, 0.25) is 5.75 Å². The first-order valence-electron chi connectivity index (χ1n) is 8.47. The van der Waals surface area contributed by atoms with Gasteiger partial charge < -0.3 is 24.1 Å². The van der Waals surface area contributed by atoms with Crippen molar-refractivity contribution in [2.45, 2.75) is 0 Å². The number of carbonyl (C=O) groups is 1. The summed E-state index contributed by atoms with van der Waals surface area (Å²) in [4.78, 5) is 12.5. The standard InChI is InChI=1S/C22H20O6/c1-25-19-12-18(13-20(26-2)22(19)27-3)28-17-10-6-15(7-11-17)21(24)14-4-8-16(23)9-5-14/h4-13,23H,1-3H3. The van der Waals surface area contributed by atoms with Crippen LogP contribution in [0, 0.1) is 0 Å². The molecular weight excluding hydrogens is 360 g/mol. The van der Waals surface area contributed by atoms with Crippen LogP contribution >= 0.6 is 0 Å². The maximum atomic E-state index is 12.5. The third-order valence-electron chi connectivity index (χ3n) is 4.12. The Bertz CT molecular complexity index is 936. The van der Waals surface area contributed by atoms with E-state index in [9.17, 15) is 9.90 Å². The Hall–Kier alpha value is -3.67. The SMILES string of the molecule is COc1cc(Oc2ccc(C(=O)c3ccc(O)cc3)cc2)cc(OC)c1OC. The third kappa shape index (κ3) is 4.01. The van der Waals surface area contributed by atoms with Crippen LogP contribution in [-0.2, 0) is 0 Å². The zero-order valence-corrected chi connectivity index (χ0v) is 15.8. The van der Waals surface area contributed by atoms with Crippen LogP contribution in [-0.4, -0.2) is 32.2 Å². The Morgan fingerprint density at radius 3 is 1.68 bits per heavy atom. The molecule has 0 heterocycles. The molecule has 3 aromatic rings. The Morgan fingerprint density at radius 2 is 1.21 bits per heavy atom. The van der Waals surface area contributed by atoms with Crippen LogP contribution in [0.15, 0.2) is 60.7 Å². The Labute approximate surface area is 162 Å². The molecule has 28 heavy (non-hydrogen) atoms. The number of ketones is 1. The van der Waals surface area contributed by atoms with E-state index in [1.54, 1.807) is 48.5 Å². The highest BCUT2D eigenvalue weighted by Gasteiger charge is 2.15. The van der Waals surface area contributed by atoms with Gasteiger partial charge >= 0.3 is 0 Å². The van der Waals surface area contributed by atoms with Crippen molar-refractivity contribution in [3.05, 3.63) is 71.8 Å². The highest BCUT2D eigenvalue weighted by atomic mass is 16.5. The summed E-state index contributed by atoms with van der Waals surface area (Å²) in [6.07, 6.45) is 0. The van der Waals surface area contributed by atoms with Gasteiger partial charge in [-0.05, 0) is 48.5 Å². The van der Waals surface area contributed by atoms with Crippen molar-refractivity contribution in [3.63, 3.8) is 0 Å². The number of phenolic OH excluding ortho intramolecular Hbond substituents is 1. The van der Waals surface area contributed by atoms with Crippen molar-refractivity contribution in [2.75, 3.05) is 21.3 Å². The number of phenols is 1. The average Bonchev–Trinajstić information content (AvgIpc) is 2.73. The first kappa shape index (κ1) is 19.1. The fourth-order valence-electron chi connectivity index (χ4n) is 2.71. The van der Waals surface area contributed by atoms with Crippen molar-refractivity contribution in [3.8, 4) is 34.5 Å². The van der Waals surface area contributed by atoms with Crippen molar-refractivity contribution in [2.24, 2.45) is 0 Å². The fourth-order valence-corrected chi connectivity index (χ4v) is 2.71. The lowest BCUT2D eigenvalue weighted by molar-refractivity contribution is 0.103. The number of hydrogen-bond donors (Lipinski definition) is 1. The maximum absolute atomic E-state index is 12.5. The van der Waals surface area contributed by atoms with Gasteiger partial charge in [-0.3, -0.25) is 4.79 Å². The number of aromatic hydroxyl groups is 1. The molecule has 0 aliphatic heterocycles. The minimum absolute atomic E-state index is 0.116. The number of benzene rings is 3. The molecule has 3 aromatic carbocycles. The normalized spacial score (nSPS) is 10.2. The molecule has 0 aromatic heterocycles. The number of carbonyl (C=O) groups excluding carboxylic acids is 1. The molecule has 0 saturated heterocycles. The smallest absolute Gasteiger partial charge is 0.203 e. The van der Waals surface area contributed by atoms with Crippen LogP contribution < -0.4 is 18.9 Å². The number of rotatable bonds is 7. The van der Waals surface area contributed by atoms with Gasteiger partial charge in [0.05, 0.1) is 21.3 Å². The number of methoxy groups -OCH3 is 3. The van der Waals surface area contributed by atoms with E-state index in [1.165, 1.54) is 33.5 Å². The summed E-state index contributed by atoms with van der Waals surface area (Å²) in [6, 6.07) is 16.3. The van der Waals surface area contributed by atoms with E-state index in [0.29, 0.717) is 39.9 Å². The van der Waals surface area contributed by atoms with Gasteiger partial charge in [-0.25, -0.2) is 0 Å². The van der Waals surface area contributed by atoms with Crippen molar-refractivity contribution in [1.29, 1.82) is 0 Å². The summed E-state index contributed by atoms with van der Waals surface area (Å²) in [6.45, 7) is 0. The highest BCUT2D eigenvalue weighted by molar-refractivity contribution is 6.09. The summed E-state index contributed by atoms with van der Waals surface area (Å²) in [7, 11) is 4.60. The second kappa shape index (κ2) is 8.35. The zero-order valence-electron chi connectivity index (χ0n) is 15.8. The highest BCUT2D eigenvalue weighted by Crippen LogP contribution is 2.41. The average molecular weight is 380 g/mol. The first-order valence-corrected chi connectivity index (χ1v) is 8.47. The molecule has 0 unspecified atom stereocenters. The quantitative estimate of drug-likeness (QED) is 0.611. The molecule has 6 heteroatoms. The summed E-state index contributed by atoms with van der Waals surface area (Å²) in [5.74, 6) is 2.48. The van der Waals surface area contributed by atoms with Gasteiger partial charge in [-0.2, -0.15) is 0 Å². The Morgan fingerprint density at radius 1 is 0.714 bits per heavy atom. The zero-order chi connectivity index (χ0) is 20.1. The predicted octanol–water partition coefficient (Wildman–Crippen LogP) is 4.44. The second-order valence-corrected chi connectivity index (χ2v) is 5.86. The van der Waals surface area contributed by atoms with Crippen LogP contribution in [0.3, 0.4) is 0 Å². The molecule has 0 spiro atoms. The van der Waals surface area contributed by atoms with Crippen LogP contribution in [0.1, 0.15) is 15.9 Å². The fraction of sp³-hybridized carbons (Fsp3) is 0.136. The van der Waals surface area contributed by atoms with Gasteiger partial charge in [0.25, 0.3) is 0 Å². The Kier molecular flexibility index (Phi) is 5.69. The number of ether oxygens (including phenoxy) is 4. The molecule has 0 atom stereocenters. The first-order chi connectivity index (χ1) is 13.5. The molecule has 144 valence electrons. The molecule has 0 bridgehead atoms. The summed E-state index contributed by atoms with van der Waals surface area (Å²) < 4.78 is 21.8. The largest absolute Gasteiger partial charge is 0.508 e. The van der Waals surface area contributed by atoms with E-state index >= 15 is 0 Å². The number of hydrogen-bond acceptors (Lipinski definition) is 6. The molecule has 0 radical (unpaired) electrons. The molecule has 0 fully saturated rings. The minimum Gasteiger partial charge on any atom is -0.508 e. The van der Waals surface area contributed by atoms with Gasteiger partial charge in [0.1, 0.15) is 17.2 Å². The Balaban J connectivity index is 1.81. The topological polar surface area (TPSA) is 74.2 Å². The molecule has 3 rings (SSSR count). The van der Waals surface area contributed by atoms with Gasteiger partial charge in [0.15, 0.2) is 17.3 Å². The van der Waals surface area contributed by atoms with E-state index in [0.717, 1.165) is 0 Å². The van der Waals surface area contributed by atoms with Crippen LogP contribution in [0.25, 0.3) is 0 Å². The van der Waals surface area contributed by atoms with E-state index in [2.05, 4.69) is 0 Å². The van der Waals surface area contributed by atoms with Crippen LogP contribution in [0.5, 0.6) is 34.5 Å². The lowest BCUT2D eigenvalue weighted by Gasteiger charge is -2.14. The molecule has 0 aliphatic carbocycles. The van der Waals surface area contributed by atoms with Crippen molar-refractivity contribution >= 4 is 5.78 Å². The maximum Gasteiger partial charge on any atom is 0.203 e. The molecule has 1 N–H and O–H groups in total. The second-order valence-electron chi connectivity index (χ2n) is 5.86. The monoisotopic (exact) mass is 380 g/mol. The third-order valence-corrected chi connectivity index (χ3v) is 4.12. The predicted molar refractivity (Wildman–Crippen MR) is 104 cm³/mol. The van der Waals surface area contributed by atoms with E-state index < -0.39 is 0 Å². The minimum atomic E-state index is -0.140. The summed E-state index contributed by atoms with van der Waals surface area (Å²) >= 11 is 0. The molecular formula is C22H20O6. The summed E-state index contributed by atoms with van der Waals surface area (Å²) in [5, 5.41) is 9.34. The molecule has 0 aliphatic rings. The van der Waals surface area contributed by atoms with Gasteiger partial charge in [-0.1, -0.05) is 0 Å². The molecule has 0 amide bonds.